The first kappa shape index (κ1) is 24.6. The first-order chi connectivity index (χ1) is 18.5. The van der Waals surface area contributed by atoms with Crippen LogP contribution in [0.15, 0.2) is 96.3 Å². The Balaban J connectivity index is 1.55. The molecule has 1 atom stereocenters. The van der Waals surface area contributed by atoms with E-state index in [1.54, 1.807) is 50.1 Å². The Hall–Kier alpha value is -5.05. The first-order valence-electron chi connectivity index (χ1n) is 12.0. The van der Waals surface area contributed by atoms with Crippen LogP contribution in [-0.2, 0) is 4.79 Å². The molecular formula is C29H27N5O4. The van der Waals surface area contributed by atoms with Gasteiger partial charge in [-0.1, -0.05) is 36.4 Å². The number of carbonyl (C=O) groups excluding carboxylic acids is 2. The Morgan fingerprint density at radius 3 is 2.21 bits per heavy atom. The van der Waals surface area contributed by atoms with Crippen molar-refractivity contribution in [2.75, 3.05) is 30.2 Å². The molecule has 0 unspecified atom stereocenters. The smallest absolute Gasteiger partial charge is 0.261 e. The normalized spacial score (nSPS) is 14.2. The predicted molar refractivity (Wildman–Crippen MR) is 146 cm³/mol. The molecule has 0 bridgehead atoms. The summed E-state index contributed by atoms with van der Waals surface area (Å²) < 4.78 is 12.5. The van der Waals surface area contributed by atoms with Gasteiger partial charge in [-0.2, -0.15) is 5.10 Å². The van der Waals surface area contributed by atoms with Crippen molar-refractivity contribution in [1.82, 2.24) is 9.78 Å². The zero-order valence-electron chi connectivity index (χ0n) is 21.2. The average molecular weight is 510 g/mol. The van der Waals surface area contributed by atoms with E-state index in [2.05, 4.69) is 21.0 Å². The number of benzene rings is 3. The number of nitrogens with zero attached hydrogens (tertiary/aromatic N) is 2. The molecule has 0 fully saturated rings. The molecule has 3 N–H and O–H groups in total. The van der Waals surface area contributed by atoms with E-state index in [1.807, 2.05) is 54.6 Å². The van der Waals surface area contributed by atoms with Crippen molar-refractivity contribution in [2.24, 2.45) is 0 Å². The van der Waals surface area contributed by atoms with Crippen molar-refractivity contribution < 1.29 is 19.1 Å². The second-order valence-electron chi connectivity index (χ2n) is 8.66. The lowest BCUT2D eigenvalue weighted by Crippen LogP contribution is -2.32. The van der Waals surface area contributed by atoms with Crippen LogP contribution < -0.4 is 25.4 Å². The third-order valence-electron chi connectivity index (χ3n) is 6.33. The van der Waals surface area contributed by atoms with E-state index < -0.39 is 6.04 Å². The molecule has 1 aliphatic rings. The zero-order chi connectivity index (χ0) is 26.6. The van der Waals surface area contributed by atoms with Crippen molar-refractivity contribution in [3.8, 4) is 11.5 Å². The minimum absolute atomic E-state index is 0.312. The fraction of sp³-hybridized carbons (Fsp3) is 0.138. The van der Waals surface area contributed by atoms with Gasteiger partial charge in [-0.15, -0.1) is 0 Å². The number of para-hydroxylation sites is 2. The van der Waals surface area contributed by atoms with Gasteiger partial charge in [-0.25, -0.2) is 4.68 Å². The number of carbonyl (C=O) groups is 2. The van der Waals surface area contributed by atoms with Gasteiger partial charge < -0.3 is 25.4 Å². The molecule has 0 saturated heterocycles. The Kier molecular flexibility index (Phi) is 6.82. The van der Waals surface area contributed by atoms with Gasteiger partial charge in [0.15, 0.2) is 0 Å². The Morgan fingerprint density at radius 2 is 1.50 bits per heavy atom. The number of fused-ring (bicyclic) bond motifs is 1. The molecule has 4 aromatic rings. The largest absolute Gasteiger partial charge is 0.497 e. The summed E-state index contributed by atoms with van der Waals surface area (Å²) in [5.41, 5.74) is 3.40. The van der Waals surface area contributed by atoms with Crippen LogP contribution in [0.25, 0.3) is 0 Å². The molecule has 3 aromatic carbocycles. The Labute approximate surface area is 220 Å². The quantitative estimate of drug-likeness (QED) is 0.321. The van der Waals surface area contributed by atoms with E-state index in [0.29, 0.717) is 45.5 Å². The van der Waals surface area contributed by atoms with Gasteiger partial charge in [-0.3, -0.25) is 9.59 Å². The van der Waals surface area contributed by atoms with Crippen LogP contribution >= 0.6 is 0 Å². The van der Waals surface area contributed by atoms with E-state index in [-0.39, 0.29) is 11.8 Å². The van der Waals surface area contributed by atoms with Crippen LogP contribution in [0.5, 0.6) is 11.5 Å². The topological polar surface area (TPSA) is 107 Å². The summed E-state index contributed by atoms with van der Waals surface area (Å²) in [7, 11) is 3.17. The number of amides is 2. The lowest BCUT2D eigenvalue weighted by molar-refractivity contribution is -0.113. The summed E-state index contributed by atoms with van der Waals surface area (Å²) in [5, 5.41) is 13.7. The molecule has 1 aliphatic heterocycles. The lowest BCUT2D eigenvalue weighted by Gasteiger charge is -2.31. The number of ether oxygens (including phenoxy) is 2. The van der Waals surface area contributed by atoms with Gasteiger partial charge >= 0.3 is 0 Å². The Morgan fingerprint density at radius 1 is 0.842 bits per heavy atom. The second-order valence-corrected chi connectivity index (χ2v) is 8.66. The molecule has 0 aliphatic carbocycles. The van der Waals surface area contributed by atoms with Gasteiger partial charge in [0.05, 0.1) is 26.0 Å². The molecule has 9 heteroatoms. The lowest BCUT2D eigenvalue weighted by atomic mass is 9.93. The van der Waals surface area contributed by atoms with E-state index in [9.17, 15) is 9.59 Å². The molecule has 0 radical (unpaired) electrons. The summed E-state index contributed by atoms with van der Waals surface area (Å²) >= 11 is 0. The van der Waals surface area contributed by atoms with Gasteiger partial charge in [0.2, 0.25) is 0 Å². The number of hydrogen-bond acceptors (Lipinski definition) is 6. The highest BCUT2D eigenvalue weighted by Crippen LogP contribution is 2.41. The molecule has 2 heterocycles. The second kappa shape index (κ2) is 10.5. The summed E-state index contributed by atoms with van der Waals surface area (Å²) in [5.74, 6) is 1.13. The summed E-state index contributed by atoms with van der Waals surface area (Å²) in [6, 6.07) is 23.1. The van der Waals surface area contributed by atoms with Crippen LogP contribution in [0.3, 0.4) is 0 Å². The predicted octanol–water partition coefficient (Wildman–Crippen LogP) is 5.08. The van der Waals surface area contributed by atoms with Gasteiger partial charge in [0.25, 0.3) is 11.8 Å². The van der Waals surface area contributed by atoms with Crippen LogP contribution in [0.2, 0.25) is 0 Å². The van der Waals surface area contributed by atoms with Crippen LogP contribution in [0, 0.1) is 0 Å². The maximum absolute atomic E-state index is 13.7. The van der Waals surface area contributed by atoms with Crippen molar-refractivity contribution in [1.29, 1.82) is 0 Å². The molecule has 9 nitrogen and oxygen atoms in total. The molecule has 38 heavy (non-hydrogen) atoms. The third-order valence-corrected chi connectivity index (χ3v) is 6.33. The number of methoxy groups -OCH3 is 2. The van der Waals surface area contributed by atoms with Crippen LogP contribution in [-0.4, -0.2) is 35.8 Å². The molecular weight excluding hydrogens is 482 g/mol. The van der Waals surface area contributed by atoms with E-state index in [4.69, 9.17) is 9.47 Å². The van der Waals surface area contributed by atoms with Crippen molar-refractivity contribution >= 4 is 29.0 Å². The van der Waals surface area contributed by atoms with Gasteiger partial charge in [0, 0.05) is 22.6 Å². The van der Waals surface area contributed by atoms with Crippen molar-refractivity contribution in [2.45, 2.75) is 13.0 Å². The molecule has 0 saturated carbocycles. The minimum Gasteiger partial charge on any atom is -0.497 e. The number of hydrogen-bond donors (Lipinski definition) is 3. The van der Waals surface area contributed by atoms with E-state index in [1.165, 1.54) is 6.20 Å². The summed E-state index contributed by atoms with van der Waals surface area (Å²) in [6.07, 6.45) is 1.50. The molecule has 192 valence electrons. The summed E-state index contributed by atoms with van der Waals surface area (Å²) in [4.78, 5) is 26.9. The standard InChI is InChI=1S/C29H27N5O4/c1-18-25(29(36)33-20-13-15-21(37-2)16-14-20)26(22-11-7-8-12-24(22)38-3)34-27(31-18)23(17-30-34)28(35)32-19-9-5-4-6-10-19/h4-17,26,31H,1-3H3,(H,32,35)(H,33,36)/t26-/m0/s1. The number of aromatic nitrogens is 2. The number of rotatable bonds is 7. The fourth-order valence-electron chi connectivity index (χ4n) is 4.49. The molecule has 5 rings (SSSR count). The van der Waals surface area contributed by atoms with Gasteiger partial charge in [-0.05, 0) is 49.4 Å². The average Bonchev–Trinajstić information content (AvgIpc) is 3.36. The fourth-order valence-corrected chi connectivity index (χ4v) is 4.49. The van der Waals surface area contributed by atoms with Crippen molar-refractivity contribution in [3.63, 3.8) is 0 Å². The highest BCUT2D eigenvalue weighted by atomic mass is 16.5. The number of nitrogens with one attached hydrogen (secondary N) is 3. The van der Waals surface area contributed by atoms with E-state index in [0.717, 1.165) is 5.56 Å². The highest BCUT2D eigenvalue weighted by Gasteiger charge is 2.36. The SMILES string of the molecule is COc1ccc(NC(=O)C2=C(C)Nc3c(C(=O)Nc4ccccc4)cnn3[C@H]2c2ccccc2OC)cc1. The Bertz CT molecular complexity index is 1510. The van der Waals surface area contributed by atoms with Crippen LogP contribution in [0.4, 0.5) is 17.2 Å². The highest BCUT2D eigenvalue weighted by molar-refractivity contribution is 6.09. The van der Waals surface area contributed by atoms with Crippen LogP contribution in [0.1, 0.15) is 28.9 Å². The maximum atomic E-state index is 13.7. The maximum Gasteiger partial charge on any atom is 0.261 e. The first-order valence-corrected chi connectivity index (χ1v) is 12.0. The number of anilines is 3. The summed E-state index contributed by atoms with van der Waals surface area (Å²) in [6.45, 7) is 1.81. The molecule has 0 spiro atoms. The monoisotopic (exact) mass is 509 g/mol. The third kappa shape index (κ3) is 4.69. The van der Waals surface area contributed by atoms with Gasteiger partial charge in [0.1, 0.15) is 28.9 Å². The zero-order valence-corrected chi connectivity index (χ0v) is 21.2. The number of allylic oxidation sites excluding steroid dienone is 1. The molecule has 1 aromatic heterocycles. The van der Waals surface area contributed by atoms with E-state index >= 15 is 0 Å². The minimum atomic E-state index is -0.654. The molecule has 2 amide bonds. The van der Waals surface area contributed by atoms with Crippen molar-refractivity contribution in [3.05, 3.63) is 107 Å².